The van der Waals surface area contributed by atoms with Gasteiger partial charge in [0.2, 0.25) is 0 Å². The number of rotatable bonds is 8. The molecule has 7 nitrogen and oxygen atoms in total. The van der Waals surface area contributed by atoms with Crippen molar-refractivity contribution in [2.24, 2.45) is 0 Å². The van der Waals surface area contributed by atoms with Crippen LogP contribution in [0.1, 0.15) is 51.9 Å². The summed E-state index contributed by atoms with van der Waals surface area (Å²) in [6.45, 7) is 5.97. The summed E-state index contributed by atoms with van der Waals surface area (Å²) in [7, 11) is 0. The highest BCUT2D eigenvalue weighted by molar-refractivity contribution is 5.89. The normalized spacial score (nSPS) is 18.2. The molecule has 3 atom stereocenters. The van der Waals surface area contributed by atoms with E-state index in [0.29, 0.717) is 0 Å². The molecule has 0 aliphatic carbocycles. The number of amides is 1. The first-order valence-corrected chi connectivity index (χ1v) is 10.7. The van der Waals surface area contributed by atoms with Gasteiger partial charge in [0.1, 0.15) is 30.0 Å². The van der Waals surface area contributed by atoms with Gasteiger partial charge in [-0.3, -0.25) is 0 Å². The number of carbonyl (C=O) groups excluding carboxylic acids is 1. The van der Waals surface area contributed by atoms with Crippen LogP contribution < -0.4 is 9.64 Å². The van der Waals surface area contributed by atoms with Crippen molar-refractivity contribution in [1.29, 1.82) is 0 Å². The van der Waals surface area contributed by atoms with Crippen molar-refractivity contribution in [1.82, 2.24) is 9.97 Å². The van der Waals surface area contributed by atoms with Crippen LogP contribution in [0, 0.1) is 11.6 Å². The second-order valence-electron chi connectivity index (χ2n) is 9.07. The Labute approximate surface area is 195 Å². The van der Waals surface area contributed by atoms with Crippen LogP contribution in [0.2, 0.25) is 0 Å². The Bertz CT molecular complexity index is 1030. The van der Waals surface area contributed by atoms with E-state index in [0.717, 1.165) is 17.2 Å². The zero-order valence-electron chi connectivity index (χ0n) is 19.5. The van der Waals surface area contributed by atoms with E-state index in [2.05, 4.69) is 14.7 Å². The molecule has 2 aromatic rings. The maximum Gasteiger partial charge on any atom is 0.416 e. The predicted molar refractivity (Wildman–Crippen MR) is 115 cm³/mol. The highest BCUT2D eigenvalue weighted by Gasteiger charge is 2.41. The number of carbonyl (C=O) groups is 1. The largest absolute Gasteiger partial charge is 0.447 e. The molecule has 1 aromatic carbocycles. The first-order valence-electron chi connectivity index (χ1n) is 10.7. The number of anilines is 1. The number of alkyl halides is 2. The van der Waals surface area contributed by atoms with Gasteiger partial charge in [0.05, 0.1) is 17.9 Å². The number of halogens is 4. The minimum atomic E-state index is -3.06. The first kappa shape index (κ1) is 25.7. The standard InChI is InChI=1S/C23H27F4N3O4/c1-12(15-7-6-14(9-16(15)24)33-21(26)27)8-19-28-10-17(25)20(29-19)30-18(11-32-22(30)31)13(2)34-23(3,4)5/h6-7,9-10,12-13,18,21H,8,11H2,1-5H3/t12-,13-,18-/m1/s1. The van der Waals surface area contributed by atoms with Crippen molar-refractivity contribution in [2.45, 2.75) is 71.3 Å². The Kier molecular flexibility index (Phi) is 7.64. The van der Waals surface area contributed by atoms with E-state index in [1.165, 1.54) is 12.1 Å². The van der Waals surface area contributed by atoms with E-state index in [-0.39, 0.29) is 36.0 Å². The number of hydrogen-bond acceptors (Lipinski definition) is 6. The molecule has 1 aliphatic heterocycles. The second-order valence-corrected chi connectivity index (χ2v) is 9.07. The molecule has 0 saturated carbocycles. The summed E-state index contributed by atoms with van der Waals surface area (Å²) in [6.07, 6.45) is -0.197. The summed E-state index contributed by atoms with van der Waals surface area (Å²) in [6, 6.07) is 2.83. The molecule has 0 bridgehead atoms. The molecule has 11 heteroatoms. The number of aromatic nitrogens is 2. The quantitative estimate of drug-likeness (QED) is 0.477. The molecule has 1 amide bonds. The van der Waals surface area contributed by atoms with Gasteiger partial charge in [0.25, 0.3) is 0 Å². The summed E-state index contributed by atoms with van der Waals surface area (Å²) in [5.41, 5.74) is -0.275. The Balaban J connectivity index is 1.82. The molecule has 1 saturated heterocycles. The van der Waals surface area contributed by atoms with Crippen LogP contribution in [0.3, 0.4) is 0 Å². The summed E-state index contributed by atoms with van der Waals surface area (Å²) in [4.78, 5) is 21.7. The van der Waals surface area contributed by atoms with Crippen LogP contribution in [0.15, 0.2) is 24.4 Å². The number of ether oxygens (including phenoxy) is 3. The average Bonchev–Trinajstić information content (AvgIpc) is 3.09. The molecule has 186 valence electrons. The Morgan fingerprint density at radius 3 is 2.53 bits per heavy atom. The van der Waals surface area contributed by atoms with Gasteiger partial charge in [0.15, 0.2) is 11.6 Å². The molecule has 34 heavy (non-hydrogen) atoms. The molecule has 0 N–H and O–H groups in total. The van der Waals surface area contributed by atoms with Crippen LogP contribution >= 0.6 is 0 Å². The summed E-state index contributed by atoms with van der Waals surface area (Å²) < 4.78 is 69.1. The number of nitrogens with zero attached hydrogens (tertiary/aromatic N) is 3. The molecular formula is C23H27F4N3O4. The van der Waals surface area contributed by atoms with Gasteiger partial charge in [-0.2, -0.15) is 8.78 Å². The Hall–Kier alpha value is -2.95. The SMILES string of the molecule is C[C@H](Cc1ncc(F)c(N2C(=O)OC[C@@H]2[C@@H](C)OC(C)(C)C)n1)c1ccc(OC(F)F)cc1F. The number of cyclic esters (lactones) is 1. The van der Waals surface area contributed by atoms with Gasteiger partial charge in [-0.25, -0.2) is 28.4 Å². The van der Waals surface area contributed by atoms with Gasteiger partial charge in [-0.15, -0.1) is 0 Å². The maximum atomic E-state index is 14.7. The van der Waals surface area contributed by atoms with E-state index < -0.39 is 48.0 Å². The van der Waals surface area contributed by atoms with Crippen molar-refractivity contribution in [3.8, 4) is 5.75 Å². The second kappa shape index (κ2) is 10.1. The van der Waals surface area contributed by atoms with Gasteiger partial charge in [-0.05, 0) is 45.2 Å². The lowest BCUT2D eigenvalue weighted by atomic mass is 9.96. The minimum Gasteiger partial charge on any atom is -0.447 e. The fourth-order valence-electron chi connectivity index (χ4n) is 3.79. The minimum absolute atomic E-state index is 0.00348. The van der Waals surface area contributed by atoms with Crippen molar-refractivity contribution in [3.63, 3.8) is 0 Å². The summed E-state index contributed by atoms with van der Waals surface area (Å²) >= 11 is 0. The molecule has 1 aromatic heterocycles. The van der Waals surface area contributed by atoms with Gasteiger partial charge < -0.3 is 14.2 Å². The molecule has 0 unspecified atom stereocenters. The predicted octanol–water partition coefficient (Wildman–Crippen LogP) is 5.23. The molecule has 1 fully saturated rings. The molecule has 2 heterocycles. The molecular weight excluding hydrogens is 458 g/mol. The smallest absolute Gasteiger partial charge is 0.416 e. The molecule has 0 spiro atoms. The maximum absolute atomic E-state index is 14.7. The highest BCUT2D eigenvalue weighted by Crippen LogP contribution is 2.30. The first-order chi connectivity index (χ1) is 15.9. The fraction of sp³-hybridized carbons (Fsp3) is 0.522. The number of hydrogen-bond donors (Lipinski definition) is 0. The van der Waals surface area contributed by atoms with E-state index in [4.69, 9.17) is 9.47 Å². The van der Waals surface area contributed by atoms with Crippen molar-refractivity contribution >= 4 is 11.9 Å². The fourth-order valence-corrected chi connectivity index (χ4v) is 3.79. The van der Waals surface area contributed by atoms with Crippen molar-refractivity contribution in [2.75, 3.05) is 11.5 Å². The average molecular weight is 485 g/mol. The van der Waals surface area contributed by atoms with Gasteiger partial charge in [-0.1, -0.05) is 13.0 Å². The molecule has 3 rings (SSSR count). The van der Waals surface area contributed by atoms with E-state index in [1.807, 2.05) is 20.8 Å². The van der Waals surface area contributed by atoms with Crippen LogP contribution in [0.5, 0.6) is 5.75 Å². The van der Waals surface area contributed by atoms with Crippen LogP contribution in [0.4, 0.5) is 28.2 Å². The Morgan fingerprint density at radius 1 is 1.21 bits per heavy atom. The molecule has 1 aliphatic rings. The van der Waals surface area contributed by atoms with E-state index in [1.54, 1.807) is 13.8 Å². The lowest BCUT2D eigenvalue weighted by Crippen LogP contribution is -2.45. The zero-order chi connectivity index (χ0) is 25.2. The van der Waals surface area contributed by atoms with Gasteiger partial charge in [0, 0.05) is 12.5 Å². The van der Waals surface area contributed by atoms with Crippen LogP contribution in [0.25, 0.3) is 0 Å². The third-order valence-electron chi connectivity index (χ3n) is 5.21. The van der Waals surface area contributed by atoms with E-state index in [9.17, 15) is 22.4 Å². The van der Waals surface area contributed by atoms with Crippen molar-refractivity contribution in [3.05, 3.63) is 47.4 Å². The third-order valence-corrected chi connectivity index (χ3v) is 5.21. The van der Waals surface area contributed by atoms with Crippen LogP contribution in [-0.4, -0.2) is 47.0 Å². The molecule has 0 radical (unpaired) electrons. The monoisotopic (exact) mass is 485 g/mol. The topological polar surface area (TPSA) is 73.8 Å². The van der Waals surface area contributed by atoms with Crippen molar-refractivity contribution < 1.29 is 36.6 Å². The van der Waals surface area contributed by atoms with Crippen LogP contribution in [-0.2, 0) is 15.9 Å². The third kappa shape index (κ3) is 6.13. The number of benzene rings is 1. The summed E-state index contributed by atoms with van der Waals surface area (Å²) in [5.74, 6) is -2.42. The lowest BCUT2D eigenvalue weighted by Gasteiger charge is -2.31. The lowest BCUT2D eigenvalue weighted by molar-refractivity contribution is -0.0619. The van der Waals surface area contributed by atoms with E-state index >= 15 is 0 Å². The zero-order valence-corrected chi connectivity index (χ0v) is 19.5. The Morgan fingerprint density at radius 2 is 1.91 bits per heavy atom. The summed E-state index contributed by atoms with van der Waals surface area (Å²) in [5, 5.41) is 0. The highest BCUT2D eigenvalue weighted by atomic mass is 19.3. The van der Waals surface area contributed by atoms with Gasteiger partial charge >= 0.3 is 12.7 Å².